The van der Waals surface area contributed by atoms with E-state index >= 15 is 0 Å². The summed E-state index contributed by atoms with van der Waals surface area (Å²) in [5.74, 6) is -0.208. The van der Waals surface area contributed by atoms with Crippen LogP contribution in [0.4, 0.5) is 16.2 Å². The third-order valence-electron chi connectivity index (χ3n) is 4.04. The minimum atomic E-state index is -0.508. The molecular formula is C16H23ClN4O3. The van der Waals surface area contributed by atoms with Crippen molar-refractivity contribution in [3.8, 4) is 0 Å². The Kier molecular flexibility index (Phi) is 6.84. The van der Waals surface area contributed by atoms with E-state index in [-0.39, 0.29) is 24.3 Å². The van der Waals surface area contributed by atoms with E-state index in [0.29, 0.717) is 24.5 Å². The topological polar surface area (TPSA) is 82.7 Å². The van der Waals surface area contributed by atoms with Gasteiger partial charge in [-0.2, -0.15) is 0 Å². The first-order valence-corrected chi connectivity index (χ1v) is 8.02. The van der Waals surface area contributed by atoms with Crippen LogP contribution in [0.1, 0.15) is 12.8 Å². The summed E-state index contributed by atoms with van der Waals surface area (Å²) in [4.78, 5) is 26.3. The molecule has 3 amide bonds. The van der Waals surface area contributed by atoms with Crippen molar-refractivity contribution < 1.29 is 14.3 Å². The second-order valence-corrected chi connectivity index (χ2v) is 5.72. The predicted molar refractivity (Wildman–Crippen MR) is 94.8 cm³/mol. The van der Waals surface area contributed by atoms with Crippen LogP contribution in [0.2, 0.25) is 0 Å². The fourth-order valence-electron chi connectivity index (χ4n) is 2.76. The number of benzene rings is 1. The van der Waals surface area contributed by atoms with Crippen molar-refractivity contribution >= 4 is 35.7 Å². The first kappa shape index (κ1) is 18.5. The molecule has 2 fully saturated rings. The van der Waals surface area contributed by atoms with Crippen LogP contribution in [0, 0.1) is 0 Å². The maximum absolute atomic E-state index is 12.3. The zero-order chi connectivity index (χ0) is 16.1. The number of halogens is 1. The third-order valence-corrected chi connectivity index (χ3v) is 4.04. The quantitative estimate of drug-likeness (QED) is 0.771. The van der Waals surface area contributed by atoms with Crippen molar-refractivity contribution in [3.05, 3.63) is 24.3 Å². The molecule has 0 radical (unpaired) electrons. The number of nitrogens with zero attached hydrogens (tertiary/aromatic N) is 1. The number of carbonyl (C=O) groups excluding carboxylic acids is 2. The van der Waals surface area contributed by atoms with Gasteiger partial charge in [0.25, 0.3) is 5.91 Å². The number of morpholine rings is 1. The summed E-state index contributed by atoms with van der Waals surface area (Å²) < 4.78 is 5.44. The number of nitrogens with one attached hydrogen (secondary N) is 3. The summed E-state index contributed by atoms with van der Waals surface area (Å²) >= 11 is 0. The number of urea groups is 1. The average molecular weight is 355 g/mol. The molecule has 7 nitrogen and oxygen atoms in total. The van der Waals surface area contributed by atoms with E-state index in [4.69, 9.17) is 4.74 Å². The second kappa shape index (κ2) is 8.86. The fraction of sp³-hybridized carbons (Fsp3) is 0.500. The van der Waals surface area contributed by atoms with Crippen molar-refractivity contribution in [2.75, 3.05) is 43.4 Å². The molecule has 132 valence electrons. The smallest absolute Gasteiger partial charge is 0.321 e. The van der Waals surface area contributed by atoms with Gasteiger partial charge in [0.1, 0.15) is 6.10 Å². The lowest BCUT2D eigenvalue weighted by Gasteiger charge is -2.23. The van der Waals surface area contributed by atoms with E-state index in [0.717, 1.165) is 32.5 Å². The molecule has 1 aromatic carbocycles. The van der Waals surface area contributed by atoms with E-state index < -0.39 is 6.10 Å². The highest BCUT2D eigenvalue weighted by molar-refractivity contribution is 6.00. The highest BCUT2D eigenvalue weighted by Gasteiger charge is 2.23. The van der Waals surface area contributed by atoms with Crippen LogP contribution in [0.15, 0.2) is 24.3 Å². The van der Waals surface area contributed by atoms with Crippen molar-refractivity contribution in [2.24, 2.45) is 0 Å². The normalized spacial score (nSPS) is 20.2. The van der Waals surface area contributed by atoms with Crippen molar-refractivity contribution in [3.63, 3.8) is 0 Å². The molecule has 24 heavy (non-hydrogen) atoms. The van der Waals surface area contributed by atoms with Crippen molar-refractivity contribution in [2.45, 2.75) is 18.9 Å². The molecule has 8 heteroatoms. The van der Waals surface area contributed by atoms with Crippen LogP contribution in [0.5, 0.6) is 0 Å². The van der Waals surface area contributed by atoms with Crippen LogP contribution in [-0.2, 0) is 9.53 Å². The largest absolute Gasteiger partial charge is 0.366 e. The van der Waals surface area contributed by atoms with Gasteiger partial charge in [-0.05, 0) is 25.0 Å². The van der Waals surface area contributed by atoms with Gasteiger partial charge in [-0.25, -0.2) is 4.79 Å². The number of anilines is 2. The zero-order valence-corrected chi connectivity index (χ0v) is 14.2. The van der Waals surface area contributed by atoms with Crippen molar-refractivity contribution in [1.82, 2.24) is 10.2 Å². The summed E-state index contributed by atoms with van der Waals surface area (Å²) in [5.41, 5.74) is 1.18. The van der Waals surface area contributed by atoms with Crippen LogP contribution in [0.3, 0.4) is 0 Å². The first-order chi connectivity index (χ1) is 11.2. The second-order valence-electron chi connectivity index (χ2n) is 5.72. The standard InChI is InChI=1S/C16H22N4O3.ClH/c21-15(14-11-17-7-10-23-14)18-12-5-1-2-6-13(12)19-16(22)20-8-3-4-9-20;/h1-2,5-6,14,17H,3-4,7-11H2,(H,18,21)(H,19,22);1H. The van der Waals surface area contributed by atoms with Crippen molar-refractivity contribution in [1.29, 1.82) is 0 Å². The maximum atomic E-state index is 12.3. The molecule has 1 unspecified atom stereocenters. The summed E-state index contributed by atoms with van der Waals surface area (Å²) in [6.07, 6.45) is 1.57. The fourth-order valence-corrected chi connectivity index (χ4v) is 2.76. The molecule has 2 heterocycles. The highest BCUT2D eigenvalue weighted by Crippen LogP contribution is 2.22. The molecule has 1 aromatic rings. The molecule has 0 bridgehead atoms. The lowest BCUT2D eigenvalue weighted by Crippen LogP contribution is -2.45. The lowest BCUT2D eigenvalue weighted by molar-refractivity contribution is -0.128. The lowest BCUT2D eigenvalue weighted by atomic mass is 10.2. The molecule has 3 rings (SSSR count). The molecule has 2 aliphatic heterocycles. The van der Waals surface area contributed by atoms with Gasteiger partial charge >= 0.3 is 6.03 Å². The van der Waals surface area contributed by atoms with E-state index in [1.54, 1.807) is 17.0 Å². The van der Waals surface area contributed by atoms with Crippen LogP contribution in [-0.4, -0.2) is 55.7 Å². The SMILES string of the molecule is Cl.O=C(Nc1ccccc1NC(=O)N1CCCC1)C1CNCCO1. The number of rotatable bonds is 3. The Morgan fingerprint density at radius 1 is 1.12 bits per heavy atom. The summed E-state index contributed by atoms with van der Waals surface area (Å²) in [6, 6.07) is 7.08. The number of hydrogen-bond acceptors (Lipinski definition) is 4. The highest BCUT2D eigenvalue weighted by atomic mass is 35.5. The number of para-hydroxylation sites is 2. The molecule has 1 atom stereocenters. The molecular weight excluding hydrogens is 332 g/mol. The molecule has 0 spiro atoms. The Labute approximate surface area is 147 Å². The molecule has 3 N–H and O–H groups in total. The van der Waals surface area contributed by atoms with Crippen LogP contribution < -0.4 is 16.0 Å². The van der Waals surface area contributed by atoms with Gasteiger partial charge in [0.2, 0.25) is 0 Å². The zero-order valence-electron chi connectivity index (χ0n) is 13.4. The van der Waals surface area contributed by atoms with Crippen LogP contribution in [0.25, 0.3) is 0 Å². The Morgan fingerprint density at radius 3 is 2.42 bits per heavy atom. The number of ether oxygens (including phenoxy) is 1. The number of likely N-dealkylation sites (tertiary alicyclic amines) is 1. The van der Waals surface area contributed by atoms with Gasteiger partial charge in [0.05, 0.1) is 18.0 Å². The van der Waals surface area contributed by atoms with Gasteiger partial charge in [-0.15, -0.1) is 12.4 Å². The summed E-state index contributed by atoms with van der Waals surface area (Å²) in [5, 5.41) is 8.84. The maximum Gasteiger partial charge on any atom is 0.321 e. The third kappa shape index (κ3) is 4.59. The molecule has 0 aromatic heterocycles. The molecule has 0 aliphatic carbocycles. The van der Waals surface area contributed by atoms with Gasteiger partial charge in [-0.3, -0.25) is 4.79 Å². The average Bonchev–Trinajstić information content (AvgIpc) is 3.12. The Bertz CT molecular complexity index is 572. The number of amides is 3. The number of carbonyl (C=O) groups is 2. The monoisotopic (exact) mass is 354 g/mol. The van der Waals surface area contributed by atoms with E-state index in [1.165, 1.54) is 0 Å². The molecule has 0 saturated carbocycles. The Hall–Kier alpha value is -1.83. The van der Waals surface area contributed by atoms with Crippen LogP contribution >= 0.6 is 12.4 Å². The number of hydrogen-bond donors (Lipinski definition) is 3. The van der Waals surface area contributed by atoms with E-state index in [9.17, 15) is 9.59 Å². The minimum Gasteiger partial charge on any atom is -0.366 e. The van der Waals surface area contributed by atoms with Gasteiger partial charge < -0.3 is 25.6 Å². The summed E-state index contributed by atoms with van der Waals surface area (Å²) in [6.45, 7) is 3.33. The van der Waals surface area contributed by atoms with E-state index in [1.807, 2.05) is 12.1 Å². The summed E-state index contributed by atoms with van der Waals surface area (Å²) in [7, 11) is 0. The Balaban J connectivity index is 0.00000208. The van der Waals surface area contributed by atoms with Gasteiger partial charge in [-0.1, -0.05) is 12.1 Å². The van der Waals surface area contributed by atoms with Gasteiger partial charge in [0, 0.05) is 26.2 Å². The minimum absolute atomic E-state index is 0. The Morgan fingerprint density at radius 2 is 1.79 bits per heavy atom. The van der Waals surface area contributed by atoms with E-state index in [2.05, 4.69) is 16.0 Å². The first-order valence-electron chi connectivity index (χ1n) is 8.02. The van der Waals surface area contributed by atoms with Gasteiger partial charge in [0.15, 0.2) is 0 Å². The molecule has 2 saturated heterocycles. The molecule has 2 aliphatic rings. The predicted octanol–water partition coefficient (Wildman–Crippen LogP) is 1.66.